The highest BCUT2D eigenvalue weighted by atomic mass is 16.2. The van der Waals surface area contributed by atoms with E-state index in [2.05, 4.69) is 9.55 Å². The average Bonchev–Trinajstić information content (AvgIpc) is 2.83. The van der Waals surface area contributed by atoms with E-state index < -0.39 is 0 Å². The molecule has 0 aliphatic heterocycles. The molecule has 1 aliphatic rings. The van der Waals surface area contributed by atoms with Gasteiger partial charge in [-0.2, -0.15) is 0 Å². The van der Waals surface area contributed by atoms with E-state index in [1.807, 2.05) is 32.0 Å². The summed E-state index contributed by atoms with van der Waals surface area (Å²) in [4.78, 5) is 18.7. The van der Waals surface area contributed by atoms with E-state index >= 15 is 0 Å². The molecule has 18 heavy (non-hydrogen) atoms. The first-order valence-electron chi connectivity index (χ1n) is 7.02. The third-order valence-electron chi connectivity index (χ3n) is 3.91. The molecule has 4 heteroatoms. The molecule has 2 rings (SSSR count). The summed E-state index contributed by atoms with van der Waals surface area (Å²) in [7, 11) is 0. The summed E-state index contributed by atoms with van der Waals surface area (Å²) in [6.45, 7) is 7.58. The van der Waals surface area contributed by atoms with Crippen molar-refractivity contribution in [2.45, 2.75) is 52.5 Å². The van der Waals surface area contributed by atoms with Crippen LogP contribution in [0, 0.1) is 0 Å². The number of aryl methyl sites for hydroxylation is 1. The van der Waals surface area contributed by atoms with Gasteiger partial charge in [0.1, 0.15) is 6.04 Å². The Kier molecular flexibility index (Phi) is 4.04. The zero-order chi connectivity index (χ0) is 13.1. The van der Waals surface area contributed by atoms with E-state index in [9.17, 15) is 4.79 Å². The van der Waals surface area contributed by atoms with Crippen molar-refractivity contribution in [2.24, 2.45) is 0 Å². The molecule has 0 spiro atoms. The van der Waals surface area contributed by atoms with Crippen LogP contribution < -0.4 is 0 Å². The standard InChI is InChI=1S/C14H23N3O/c1-4-16(5-2)14(18)11(3)17-10-15-12-8-6-7-9-13(12)17/h10-11H,4-9H2,1-3H3. The Morgan fingerprint density at radius 2 is 2.06 bits per heavy atom. The van der Waals surface area contributed by atoms with Crippen molar-refractivity contribution in [1.82, 2.24) is 14.5 Å². The normalized spacial score (nSPS) is 16.2. The number of likely N-dealkylation sites (N-methyl/N-ethyl adjacent to an activating group) is 1. The lowest BCUT2D eigenvalue weighted by molar-refractivity contribution is -0.133. The highest BCUT2D eigenvalue weighted by Gasteiger charge is 2.24. The molecule has 1 heterocycles. The summed E-state index contributed by atoms with van der Waals surface area (Å²) in [5, 5.41) is 0. The minimum Gasteiger partial charge on any atom is -0.341 e. The molecule has 1 aromatic heterocycles. The first-order valence-corrected chi connectivity index (χ1v) is 7.02. The summed E-state index contributed by atoms with van der Waals surface area (Å²) in [5.41, 5.74) is 2.47. The number of rotatable bonds is 4. The Labute approximate surface area is 109 Å². The Balaban J connectivity index is 2.20. The Hall–Kier alpha value is -1.32. The van der Waals surface area contributed by atoms with Crippen LogP contribution in [0.15, 0.2) is 6.33 Å². The van der Waals surface area contributed by atoms with E-state index in [-0.39, 0.29) is 11.9 Å². The Bertz CT molecular complexity index is 421. The first-order chi connectivity index (χ1) is 8.69. The summed E-state index contributed by atoms with van der Waals surface area (Å²) in [5.74, 6) is 0.200. The van der Waals surface area contributed by atoms with Crippen molar-refractivity contribution in [3.8, 4) is 0 Å². The van der Waals surface area contributed by atoms with Crippen molar-refractivity contribution in [3.05, 3.63) is 17.7 Å². The van der Waals surface area contributed by atoms with E-state index in [0.717, 1.165) is 25.9 Å². The minimum absolute atomic E-state index is 0.126. The van der Waals surface area contributed by atoms with Crippen molar-refractivity contribution in [2.75, 3.05) is 13.1 Å². The number of amides is 1. The van der Waals surface area contributed by atoms with Gasteiger partial charge in [-0.25, -0.2) is 4.98 Å². The summed E-state index contributed by atoms with van der Waals surface area (Å²) >= 11 is 0. The van der Waals surface area contributed by atoms with Gasteiger partial charge in [-0.15, -0.1) is 0 Å². The van der Waals surface area contributed by atoms with Crippen molar-refractivity contribution in [3.63, 3.8) is 0 Å². The Morgan fingerprint density at radius 1 is 1.39 bits per heavy atom. The van der Waals surface area contributed by atoms with Crippen LogP contribution in [0.1, 0.15) is 51.0 Å². The molecule has 1 aromatic rings. The van der Waals surface area contributed by atoms with Gasteiger partial charge in [-0.1, -0.05) is 0 Å². The maximum absolute atomic E-state index is 12.4. The molecule has 0 radical (unpaired) electrons. The van der Waals surface area contributed by atoms with Crippen LogP contribution in [0.25, 0.3) is 0 Å². The molecule has 1 amide bonds. The molecule has 4 nitrogen and oxygen atoms in total. The molecule has 0 N–H and O–H groups in total. The van der Waals surface area contributed by atoms with Gasteiger partial charge in [0.2, 0.25) is 5.91 Å². The van der Waals surface area contributed by atoms with Gasteiger partial charge < -0.3 is 9.47 Å². The number of imidazole rings is 1. The molecular weight excluding hydrogens is 226 g/mol. The van der Waals surface area contributed by atoms with Crippen LogP contribution in [0.3, 0.4) is 0 Å². The molecule has 0 saturated carbocycles. The number of hydrogen-bond donors (Lipinski definition) is 0. The van der Waals surface area contributed by atoms with Gasteiger partial charge >= 0.3 is 0 Å². The van der Waals surface area contributed by atoms with Crippen LogP contribution in [0.5, 0.6) is 0 Å². The second-order valence-corrected chi connectivity index (χ2v) is 4.94. The second-order valence-electron chi connectivity index (χ2n) is 4.94. The molecule has 0 bridgehead atoms. The van der Waals surface area contributed by atoms with Gasteiger partial charge in [0.25, 0.3) is 0 Å². The van der Waals surface area contributed by atoms with Gasteiger partial charge in [0.05, 0.1) is 12.0 Å². The minimum atomic E-state index is -0.126. The van der Waals surface area contributed by atoms with Gasteiger partial charge in [0.15, 0.2) is 0 Å². The fraction of sp³-hybridized carbons (Fsp3) is 0.714. The quantitative estimate of drug-likeness (QED) is 0.820. The number of carbonyl (C=O) groups is 1. The summed E-state index contributed by atoms with van der Waals surface area (Å²) in [6.07, 6.45) is 6.41. The lowest BCUT2D eigenvalue weighted by Gasteiger charge is -2.25. The molecule has 100 valence electrons. The van der Waals surface area contributed by atoms with Crippen LogP contribution in [0.2, 0.25) is 0 Å². The third kappa shape index (κ3) is 2.28. The largest absolute Gasteiger partial charge is 0.341 e. The topological polar surface area (TPSA) is 38.1 Å². The summed E-state index contributed by atoms with van der Waals surface area (Å²) < 4.78 is 2.08. The lowest BCUT2D eigenvalue weighted by atomic mass is 10.0. The highest BCUT2D eigenvalue weighted by Crippen LogP contribution is 2.23. The molecule has 1 unspecified atom stereocenters. The molecule has 0 aromatic carbocycles. The van der Waals surface area contributed by atoms with Crippen molar-refractivity contribution in [1.29, 1.82) is 0 Å². The number of fused-ring (bicyclic) bond motifs is 1. The molecule has 1 atom stereocenters. The van der Waals surface area contributed by atoms with E-state index in [0.29, 0.717) is 0 Å². The van der Waals surface area contributed by atoms with Gasteiger partial charge in [0, 0.05) is 18.8 Å². The predicted molar refractivity (Wildman–Crippen MR) is 71.5 cm³/mol. The fourth-order valence-corrected chi connectivity index (χ4v) is 2.74. The maximum Gasteiger partial charge on any atom is 0.245 e. The van der Waals surface area contributed by atoms with Crippen molar-refractivity contribution >= 4 is 5.91 Å². The van der Waals surface area contributed by atoms with Crippen molar-refractivity contribution < 1.29 is 4.79 Å². The lowest BCUT2D eigenvalue weighted by Crippen LogP contribution is -2.36. The summed E-state index contributed by atoms with van der Waals surface area (Å²) in [6, 6.07) is -0.126. The molecular formula is C14H23N3O. The fourth-order valence-electron chi connectivity index (χ4n) is 2.74. The van der Waals surface area contributed by atoms with E-state index in [4.69, 9.17) is 0 Å². The number of aromatic nitrogens is 2. The van der Waals surface area contributed by atoms with Gasteiger partial charge in [-0.3, -0.25) is 4.79 Å². The zero-order valence-corrected chi connectivity index (χ0v) is 11.6. The highest BCUT2D eigenvalue weighted by molar-refractivity contribution is 5.80. The van der Waals surface area contributed by atoms with Crippen LogP contribution in [-0.2, 0) is 17.6 Å². The third-order valence-corrected chi connectivity index (χ3v) is 3.91. The smallest absolute Gasteiger partial charge is 0.245 e. The van der Waals surface area contributed by atoms with Crippen LogP contribution in [0.4, 0.5) is 0 Å². The molecule has 0 saturated heterocycles. The van der Waals surface area contributed by atoms with E-state index in [1.165, 1.54) is 24.2 Å². The molecule has 1 aliphatic carbocycles. The predicted octanol–water partition coefficient (Wildman–Crippen LogP) is 2.19. The second kappa shape index (κ2) is 5.55. The SMILES string of the molecule is CCN(CC)C(=O)C(C)n1cnc2c1CCCC2. The van der Waals surface area contributed by atoms with Crippen LogP contribution >= 0.6 is 0 Å². The number of carbonyl (C=O) groups excluding carboxylic acids is 1. The zero-order valence-electron chi connectivity index (χ0n) is 11.6. The number of hydrogen-bond acceptors (Lipinski definition) is 2. The number of nitrogens with zero attached hydrogens (tertiary/aromatic N) is 3. The average molecular weight is 249 g/mol. The monoisotopic (exact) mass is 249 g/mol. The maximum atomic E-state index is 12.4. The van der Waals surface area contributed by atoms with E-state index in [1.54, 1.807) is 0 Å². The van der Waals surface area contributed by atoms with Gasteiger partial charge in [-0.05, 0) is 46.5 Å². The Morgan fingerprint density at radius 3 is 2.72 bits per heavy atom. The molecule has 0 fully saturated rings. The first kappa shape index (κ1) is 13.1. The van der Waals surface area contributed by atoms with Crippen LogP contribution in [-0.4, -0.2) is 33.4 Å².